The molecule has 0 aromatic rings. The maximum absolute atomic E-state index is 13.3. The third-order valence-electron chi connectivity index (χ3n) is 19.2. The van der Waals surface area contributed by atoms with Gasteiger partial charge in [0, 0.05) is 0 Å². The lowest BCUT2D eigenvalue weighted by Crippen LogP contribution is -2.60. The molecule has 1 amide bonds. The number of rotatable bonds is 70. The summed E-state index contributed by atoms with van der Waals surface area (Å²) in [7, 11) is 0. The van der Waals surface area contributed by atoms with Gasteiger partial charge in [-0.25, -0.2) is 0 Å². The molecular weight excluding hydrogens is 1110 g/mol. The summed E-state index contributed by atoms with van der Waals surface area (Å²) in [6.45, 7) is 3.52. The number of hydrogen-bond acceptors (Lipinski definition) is 10. The molecule has 0 saturated carbocycles. The lowest BCUT2D eigenvalue weighted by atomic mass is 9.98. The number of hydrogen-bond donors (Lipinski definition) is 8. The van der Waals surface area contributed by atoms with Crippen LogP contribution < -0.4 is 5.32 Å². The zero-order valence-electron chi connectivity index (χ0n) is 58.7. The highest BCUT2D eigenvalue weighted by atomic mass is 16.7. The van der Waals surface area contributed by atoms with E-state index in [1.165, 1.54) is 321 Å². The van der Waals surface area contributed by atoms with Crippen LogP contribution in [0.25, 0.3) is 0 Å². The maximum atomic E-state index is 13.3. The minimum absolute atomic E-state index is 0.258. The van der Waals surface area contributed by atoms with Crippen LogP contribution in [-0.2, 0) is 14.3 Å². The molecule has 0 bridgehead atoms. The first-order chi connectivity index (χ1) is 43.7. The summed E-state index contributed by atoms with van der Waals surface area (Å²) in [6, 6.07) is -1.19. The van der Waals surface area contributed by atoms with Gasteiger partial charge in [-0.1, -0.05) is 359 Å². The average Bonchev–Trinajstić information content (AvgIpc) is 3.68. The predicted molar refractivity (Wildman–Crippen MR) is 376 cm³/mol. The van der Waals surface area contributed by atoms with Gasteiger partial charge in [0.2, 0.25) is 5.91 Å². The van der Waals surface area contributed by atoms with Crippen LogP contribution in [0.4, 0.5) is 0 Å². The molecule has 0 aromatic carbocycles. The van der Waals surface area contributed by atoms with Gasteiger partial charge in [0.25, 0.3) is 0 Å². The minimum atomic E-state index is -1.67. The maximum Gasteiger partial charge on any atom is 0.249 e. The van der Waals surface area contributed by atoms with Crippen molar-refractivity contribution in [3.8, 4) is 0 Å². The third-order valence-corrected chi connectivity index (χ3v) is 19.2. The number of ether oxygens (including phenoxy) is 2. The number of allylic oxidation sites excluding steroid dienone is 4. The quantitative estimate of drug-likeness (QED) is 0.0215. The summed E-state index contributed by atoms with van der Waals surface area (Å²) in [5, 5.41) is 76.7. The highest BCUT2D eigenvalue weighted by molar-refractivity contribution is 5.80. The molecular formula is C78H151NO10. The molecule has 9 unspecified atom stereocenters. The summed E-state index contributed by atoms with van der Waals surface area (Å²) >= 11 is 0. The fraction of sp³-hybridized carbons (Fsp3) is 0.936. The first kappa shape index (κ1) is 85.6. The van der Waals surface area contributed by atoms with Gasteiger partial charge in [-0.2, -0.15) is 0 Å². The Morgan fingerprint density at radius 3 is 0.966 bits per heavy atom. The number of amides is 1. The van der Waals surface area contributed by atoms with Crippen LogP contribution in [-0.4, -0.2) is 110 Å². The van der Waals surface area contributed by atoms with Crippen LogP contribution in [0.3, 0.4) is 0 Å². The Labute approximate surface area is 550 Å². The summed E-state index contributed by atoms with van der Waals surface area (Å²) in [6.07, 6.45) is 74.4. The van der Waals surface area contributed by atoms with Crippen molar-refractivity contribution in [1.29, 1.82) is 0 Å². The third kappa shape index (κ3) is 53.5. The van der Waals surface area contributed by atoms with Crippen LogP contribution in [0.2, 0.25) is 0 Å². The predicted octanol–water partition coefficient (Wildman–Crippen LogP) is 19.9. The minimum Gasteiger partial charge on any atom is -0.394 e. The molecule has 1 fully saturated rings. The van der Waals surface area contributed by atoms with E-state index >= 15 is 0 Å². The van der Waals surface area contributed by atoms with E-state index in [1.54, 1.807) is 0 Å². The molecule has 1 heterocycles. The topological polar surface area (TPSA) is 189 Å². The lowest BCUT2D eigenvalue weighted by Gasteiger charge is -2.40. The van der Waals surface area contributed by atoms with E-state index in [0.29, 0.717) is 12.8 Å². The fourth-order valence-electron chi connectivity index (χ4n) is 13.0. The smallest absolute Gasteiger partial charge is 0.249 e. The van der Waals surface area contributed by atoms with Gasteiger partial charge < -0.3 is 50.5 Å². The van der Waals surface area contributed by atoms with E-state index in [2.05, 4.69) is 43.5 Å². The molecule has 11 nitrogen and oxygen atoms in total. The molecule has 0 spiro atoms. The highest BCUT2D eigenvalue weighted by Gasteiger charge is 2.44. The summed E-state index contributed by atoms with van der Waals surface area (Å²) in [4.78, 5) is 13.3. The van der Waals surface area contributed by atoms with Gasteiger partial charge in [0.15, 0.2) is 6.29 Å². The van der Waals surface area contributed by atoms with Crippen LogP contribution in [0.15, 0.2) is 24.3 Å². The molecule has 1 aliphatic heterocycles. The van der Waals surface area contributed by atoms with Crippen LogP contribution in [0, 0.1) is 0 Å². The Morgan fingerprint density at radius 2 is 0.663 bits per heavy atom. The fourth-order valence-corrected chi connectivity index (χ4v) is 13.0. The number of carbonyl (C=O) groups excluding carboxylic acids is 1. The molecule has 0 aromatic heterocycles. The molecule has 9 atom stereocenters. The van der Waals surface area contributed by atoms with Crippen molar-refractivity contribution in [2.24, 2.45) is 0 Å². The van der Waals surface area contributed by atoms with Crippen molar-refractivity contribution in [2.45, 2.75) is 454 Å². The van der Waals surface area contributed by atoms with Crippen molar-refractivity contribution in [1.82, 2.24) is 5.32 Å². The Kier molecular flexibility index (Phi) is 64.1. The molecule has 89 heavy (non-hydrogen) atoms. The number of nitrogens with one attached hydrogen (secondary N) is 1. The van der Waals surface area contributed by atoms with Gasteiger partial charge in [-0.05, 0) is 64.2 Å². The van der Waals surface area contributed by atoms with Gasteiger partial charge in [-0.3, -0.25) is 4.79 Å². The molecule has 8 N–H and O–H groups in total. The summed E-state index contributed by atoms with van der Waals surface area (Å²) in [5.41, 5.74) is 0. The molecule has 0 aliphatic carbocycles. The Bertz CT molecular complexity index is 1500. The highest BCUT2D eigenvalue weighted by Crippen LogP contribution is 2.24. The average molecular weight is 1260 g/mol. The summed E-state index contributed by atoms with van der Waals surface area (Å²) < 4.78 is 11.2. The molecule has 1 rings (SSSR count). The first-order valence-electron chi connectivity index (χ1n) is 39.2. The Morgan fingerprint density at radius 1 is 0.382 bits per heavy atom. The summed E-state index contributed by atoms with van der Waals surface area (Å²) in [5.74, 6) is -0.698. The SMILES string of the molecule is CCCCCCCCCCCCCC/C=C\CCCCCCCCCCCCCCCCCCC(O)C(=O)NC(COC1OC(CO)C(O)C(O)C1O)C(O)C(O)CCC/C=C/CCCCCCCCCCCCCCCCCCCCCCCCCCC. The molecule has 1 aliphatic rings. The number of unbranched alkanes of at least 4 members (excludes halogenated alkanes) is 54. The van der Waals surface area contributed by atoms with Crippen molar-refractivity contribution in [3.05, 3.63) is 24.3 Å². The lowest BCUT2D eigenvalue weighted by molar-refractivity contribution is -0.303. The second-order valence-corrected chi connectivity index (χ2v) is 27.8. The molecule has 11 heteroatoms. The van der Waals surface area contributed by atoms with Gasteiger partial charge >= 0.3 is 0 Å². The van der Waals surface area contributed by atoms with E-state index in [4.69, 9.17) is 9.47 Å². The van der Waals surface area contributed by atoms with Gasteiger partial charge in [-0.15, -0.1) is 0 Å². The second-order valence-electron chi connectivity index (χ2n) is 27.8. The molecule has 1 saturated heterocycles. The van der Waals surface area contributed by atoms with Crippen molar-refractivity contribution in [3.63, 3.8) is 0 Å². The Balaban J connectivity index is 2.15. The second kappa shape index (κ2) is 66.6. The normalized spacial score (nSPS) is 18.6. The van der Waals surface area contributed by atoms with Crippen LogP contribution >= 0.6 is 0 Å². The molecule has 528 valence electrons. The van der Waals surface area contributed by atoms with Gasteiger partial charge in [0.1, 0.15) is 36.6 Å². The van der Waals surface area contributed by atoms with E-state index in [-0.39, 0.29) is 12.8 Å². The van der Waals surface area contributed by atoms with E-state index in [1.807, 2.05) is 0 Å². The van der Waals surface area contributed by atoms with E-state index < -0.39 is 74.2 Å². The monoisotopic (exact) mass is 1260 g/mol. The van der Waals surface area contributed by atoms with Crippen LogP contribution in [0.5, 0.6) is 0 Å². The first-order valence-corrected chi connectivity index (χ1v) is 39.2. The Hall–Kier alpha value is -1.41. The zero-order chi connectivity index (χ0) is 64.6. The largest absolute Gasteiger partial charge is 0.394 e. The number of aliphatic hydroxyl groups is 7. The number of aliphatic hydroxyl groups excluding tert-OH is 7. The number of carbonyl (C=O) groups is 1. The van der Waals surface area contributed by atoms with Crippen molar-refractivity contribution < 1.29 is 50.0 Å². The van der Waals surface area contributed by atoms with E-state index in [0.717, 1.165) is 38.5 Å². The standard InChI is InChI=1S/C78H151NO10/c1-3-5-7-9-11-13-15-17-19-21-23-25-27-29-31-33-35-36-38-40-42-44-46-48-50-52-54-56-58-60-62-64-66-71(82)77(87)79-69(68-88-78-76(86)75(85)74(84)72(67-80)89-78)73(83)70(81)65-63-61-59-57-55-53-51-49-47-45-43-41-39-37-34-32-30-28-26-24-22-20-18-16-14-12-10-8-6-4-2/h29,31,57,59,69-76,78,80-86H,3-28,30,32-56,58,60-68H2,1-2H3,(H,79,87)/b31-29-,59-57+. The van der Waals surface area contributed by atoms with Gasteiger partial charge in [0.05, 0.1) is 25.4 Å². The van der Waals surface area contributed by atoms with E-state index in [9.17, 15) is 40.5 Å². The van der Waals surface area contributed by atoms with Crippen molar-refractivity contribution >= 4 is 5.91 Å². The zero-order valence-corrected chi connectivity index (χ0v) is 58.7. The molecule has 0 radical (unpaired) electrons. The van der Waals surface area contributed by atoms with Crippen LogP contribution in [0.1, 0.15) is 399 Å². The van der Waals surface area contributed by atoms with Crippen molar-refractivity contribution in [2.75, 3.05) is 13.2 Å².